The second-order valence-corrected chi connectivity index (χ2v) is 7.87. The summed E-state index contributed by atoms with van der Waals surface area (Å²) in [5.74, 6) is 1.32. The molecule has 2 heterocycles. The summed E-state index contributed by atoms with van der Waals surface area (Å²) in [4.78, 5) is 29.6. The van der Waals surface area contributed by atoms with Crippen molar-refractivity contribution in [2.24, 2.45) is 5.92 Å². The summed E-state index contributed by atoms with van der Waals surface area (Å²) in [6.07, 6.45) is 1.52. The maximum Gasteiger partial charge on any atom is 0.253 e. The molecular formula is C22H32N2O5. The fourth-order valence-electron chi connectivity index (χ4n) is 4.20. The lowest BCUT2D eigenvalue weighted by Crippen LogP contribution is -2.51. The van der Waals surface area contributed by atoms with E-state index in [9.17, 15) is 9.59 Å². The molecule has 2 saturated heterocycles. The van der Waals surface area contributed by atoms with Crippen LogP contribution in [-0.4, -0.2) is 73.7 Å². The van der Waals surface area contributed by atoms with Crippen molar-refractivity contribution in [2.45, 2.75) is 45.8 Å². The summed E-state index contributed by atoms with van der Waals surface area (Å²) in [6, 6.07) is 5.26. The molecule has 0 aromatic heterocycles. The number of likely N-dealkylation sites (tertiary alicyclic amines) is 1. The van der Waals surface area contributed by atoms with E-state index < -0.39 is 0 Å². The molecule has 0 bridgehead atoms. The Labute approximate surface area is 172 Å². The third kappa shape index (κ3) is 5.01. The van der Waals surface area contributed by atoms with E-state index in [4.69, 9.17) is 14.2 Å². The van der Waals surface area contributed by atoms with Gasteiger partial charge in [0.2, 0.25) is 5.91 Å². The van der Waals surface area contributed by atoms with Gasteiger partial charge in [-0.3, -0.25) is 9.59 Å². The van der Waals surface area contributed by atoms with Crippen LogP contribution in [0.2, 0.25) is 0 Å². The first-order chi connectivity index (χ1) is 13.9. The first-order valence-corrected chi connectivity index (χ1v) is 10.5. The topological polar surface area (TPSA) is 68.3 Å². The number of carbonyl (C=O) groups is 2. The summed E-state index contributed by atoms with van der Waals surface area (Å²) in [6.45, 7) is 8.90. The van der Waals surface area contributed by atoms with Crippen molar-refractivity contribution in [3.05, 3.63) is 23.8 Å². The molecule has 0 saturated carbocycles. The van der Waals surface area contributed by atoms with Gasteiger partial charge in [0.15, 0.2) is 11.5 Å². The van der Waals surface area contributed by atoms with Crippen LogP contribution in [0.15, 0.2) is 18.2 Å². The lowest BCUT2D eigenvalue weighted by molar-refractivity contribution is -0.148. The molecule has 0 aliphatic carbocycles. The SMILES string of the molecule is CCOc1ccc(C(=O)N2CCC(C(=O)N3CC(C)OC(C)C3)CC2)cc1OC. The Morgan fingerprint density at radius 3 is 2.31 bits per heavy atom. The zero-order chi connectivity index (χ0) is 21.0. The molecule has 0 N–H and O–H groups in total. The van der Waals surface area contributed by atoms with Crippen LogP contribution in [0, 0.1) is 5.92 Å². The monoisotopic (exact) mass is 404 g/mol. The maximum atomic E-state index is 12.9. The molecule has 7 heteroatoms. The van der Waals surface area contributed by atoms with Gasteiger partial charge in [0.05, 0.1) is 25.9 Å². The van der Waals surface area contributed by atoms with Crippen molar-refractivity contribution in [2.75, 3.05) is 39.9 Å². The number of hydrogen-bond donors (Lipinski definition) is 0. The molecule has 2 aliphatic heterocycles. The number of methoxy groups -OCH3 is 1. The number of carbonyl (C=O) groups excluding carboxylic acids is 2. The molecule has 1 aromatic rings. The Bertz CT molecular complexity index is 720. The van der Waals surface area contributed by atoms with Crippen LogP contribution in [0.1, 0.15) is 44.0 Å². The van der Waals surface area contributed by atoms with Crippen LogP contribution in [0.25, 0.3) is 0 Å². The number of piperidine rings is 1. The molecule has 3 rings (SSSR count). The van der Waals surface area contributed by atoms with Crippen molar-refractivity contribution in [1.82, 2.24) is 9.80 Å². The molecule has 2 unspecified atom stereocenters. The normalized spacial score (nSPS) is 23.0. The molecule has 2 fully saturated rings. The molecule has 29 heavy (non-hydrogen) atoms. The maximum absolute atomic E-state index is 12.9. The largest absolute Gasteiger partial charge is 0.493 e. The van der Waals surface area contributed by atoms with Crippen LogP contribution in [0.5, 0.6) is 11.5 Å². The standard InChI is InChI=1S/C22H32N2O5/c1-5-28-19-7-6-18(12-20(19)27-4)22(26)23-10-8-17(9-11-23)21(25)24-13-15(2)29-16(3)14-24/h6-7,12,15-17H,5,8-11,13-14H2,1-4H3. The van der Waals surface area contributed by atoms with Gasteiger partial charge in [-0.1, -0.05) is 0 Å². The Balaban J connectivity index is 1.59. The van der Waals surface area contributed by atoms with E-state index in [2.05, 4.69) is 0 Å². The third-order valence-corrected chi connectivity index (χ3v) is 5.57. The number of benzene rings is 1. The number of ether oxygens (including phenoxy) is 3. The van der Waals surface area contributed by atoms with E-state index in [0.29, 0.717) is 62.7 Å². The zero-order valence-corrected chi connectivity index (χ0v) is 17.8. The van der Waals surface area contributed by atoms with Crippen LogP contribution in [0.4, 0.5) is 0 Å². The van der Waals surface area contributed by atoms with E-state index >= 15 is 0 Å². The van der Waals surface area contributed by atoms with Gasteiger partial charge >= 0.3 is 0 Å². The highest BCUT2D eigenvalue weighted by Gasteiger charge is 2.33. The third-order valence-electron chi connectivity index (χ3n) is 5.57. The number of hydrogen-bond acceptors (Lipinski definition) is 5. The number of nitrogens with zero attached hydrogens (tertiary/aromatic N) is 2. The van der Waals surface area contributed by atoms with Crippen molar-refractivity contribution in [3.63, 3.8) is 0 Å². The zero-order valence-electron chi connectivity index (χ0n) is 17.8. The minimum absolute atomic E-state index is 0.0218. The predicted molar refractivity (Wildman–Crippen MR) is 109 cm³/mol. The molecule has 0 radical (unpaired) electrons. The molecule has 2 atom stereocenters. The fraction of sp³-hybridized carbons (Fsp3) is 0.636. The minimum Gasteiger partial charge on any atom is -0.493 e. The van der Waals surface area contributed by atoms with Crippen molar-refractivity contribution < 1.29 is 23.8 Å². The second-order valence-electron chi connectivity index (χ2n) is 7.87. The quantitative estimate of drug-likeness (QED) is 0.755. The van der Waals surface area contributed by atoms with Gasteiger partial charge in [-0.05, 0) is 51.8 Å². The van der Waals surface area contributed by atoms with Crippen molar-refractivity contribution in [3.8, 4) is 11.5 Å². The highest BCUT2D eigenvalue weighted by atomic mass is 16.5. The van der Waals surface area contributed by atoms with E-state index in [1.807, 2.05) is 30.6 Å². The molecule has 7 nitrogen and oxygen atoms in total. The fourth-order valence-corrected chi connectivity index (χ4v) is 4.20. The van der Waals surface area contributed by atoms with Gasteiger partial charge in [-0.15, -0.1) is 0 Å². The van der Waals surface area contributed by atoms with Gasteiger partial charge in [-0.2, -0.15) is 0 Å². The van der Waals surface area contributed by atoms with E-state index in [-0.39, 0.29) is 29.9 Å². The van der Waals surface area contributed by atoms with Gasteiger partial charge in [-0.25, -0.2) is 0 Å². The van der Waals surface area contributed by atoms with E-state index in [1.54, 1.807) is 25.3 Å². The summed E-state index contributed by atoms with van der Waals surface area (Å²) < 4.78 is 16.6. The average Bonchev–Trinajstić information content (AvgIpc) is 2.72. The molecular weight excluding hydrogens is 372 g/mol. The van der Waals surface area contributed by atoms with E-state index in [1.165, 1.54) is 0 Å². The summed E-state index contributed by atoms with van der Waals surface area (Å²) in [5, 5.41) is 0. The molecule has 1 aromatic carbocycles. The molecule has 0 spiro atoms. The number of rotatable bonds is 5. The van der Waals surface area contributed by atoms with Gasteiger partial charge in [0.1, 0.15) is 0 Å². The Hall–Kier alpha value is -2.28. The minimum atomic E-state index is -0.0362. The lowest BCUT2D eigenvalue weighted by atomic mass is 9.94. The first-order valence-electron chi connectivity index (χ1n) is 10.5. The van der Waals surface area contributed by atoms with E-state index in [0.717, 1.165) is 0 Å². The summed E-state index contributed by atoms with van der Waals surface area (Å²) >= 11 is 0. The number of morpholine rings is 1. The van der Waals surface area contributed by atoms with Gasteiger partial charge in [0, 0.05) is 37.7 Å². The van der Waals surface area contributed by atoms with Crippen molar-refractivity contribution >= 4 is 11.8 Å². The van der Waals surface area contributed by atoms with Crippen LogP contribution in [-0.2, 0) is 9.53 Å². The highest BCUT2D eigenvalue weighted by molar-refractivity contribution is 5.95. The summed E-state index contributed by atoms with van der Waals surface area (Å²) in [7, 11) is 1.57. The van der Waals surface area contributed by atoms with Gasteiger partial charge in [0.25, 0.3) is 5.91 Å². The lowest BCUT2D eigenvalue weighted by Gasteiger charge is -2.39. The predicted octanol–water partition coefficient (Wildman–Crippen LogP) is 2.58. The van der Waals surface area contributed by atoms with Crippen molar-refractivity contribution in [1.29, 1.82) is 0 Å². The molecule has 2 amide bonds. The first kappa shape index (κ1) is 21.4. The van der Waals surface area contributed by atoms with Crippen LogP contribution < -0.4 is 9.47 Å². The smallest absolute Gasteiger partial charge is 0.253 e. The second kappa shape index (κ2) is 9.48. The molecule has 2 aliphatic rings. The Morgan fingerprint density at radius 2 is 1.72 bits per heavy atom. The Kier molecular flexibility index (Phi) is 7.00. The molecule has 160 valence electrons. The average molecular weight is 405 g/mol. The highest BCUT2D eigenvalue weighted by Crippen LogP contribution is 2.29. The Morgan fingerprint density at radius 1 is 1.07 bits per heavy atom. The van der Waals surface area contributed by atoms with Crippen LogP contribution in [0.3, 0.4) is 0 Å². The van der Waals surface area contributed by atoms with Gasteiger partial charge < -0.3 is 24.0 Å². The summed E-state index contributed by atoms with van der Waals surface area (Å²) in [5.41, 5.74) is 0.575. The van der Waals surface area contributed by atoms with Crippen LogP contribution >= 0.6 is 0 Å². The number of amides is 2.